The third kappa shape index (κ3) is 4.25. The van der Waals surface area contributed by atoms with E-state index in [1.54, 1.807) is 43.1 Å². The van der Waals surface area contributed by atoms with Gasteiger partial charge in [0.1, 0.15) is 5.56 Å². The van der Waals surface area contributed by atoms with E-state index in [2.05, 4.69) is 23.6 Å². The summed E-state index contributed by atoms with van der Waals surface area (Å²) in [4.78, 5) is 34.9. The van der Waals surface area contributed by atoms with Gasteiger partial charge in [0.2, 0.25) is 0 Å². The van der Waals surface area contributed by atoms with Gasteiger partial charge in [0, 0.05) is 51.4 Å². The molecule has 2 aromatic heterocycles. The average Bonchev–Trinajstić information content (AvgIpc) is 3.26. The molecule has 1 fully saturated rings. The van der Waals surface area contributed by atoms with Crippen LogP contribution in [0, 0.1) is 6.92 Å². The van der Waals surface area contributed by atoms with Crippen molar-refractivity contribution in [1.29, 1.82) is 0 Å². The van der Waals surface area contributed by atoms with Crippen LogP contribution >= 0.6 is 11.3 Å². The molecule has 4 rings (SSSR count). The normalized spacial score (nSPS) is 14.8. The Morgan fingerprint density at radius 2 is 1.94 bits per heavy atom. The van der Waals surface area contributed by atoms with E-state index in [4.69, 9.17) is 4.98 Å². The SMILES string of the molecule is C=C/C=C\c1c(N2CCC(c3nc4ccccc4s3)CC2)c(C(=O)N(C)C)c(=O)n(C)c1C. The number of piperidine rings is 1. The number of fused-ring (bicyclic) bond motifs is 1. The van der Waals surface area contributed by atoms with Gasteiger partial charge in [-0.25, -0.2) is 4.98 Å². The van der Waals surface area contributed by atoms with Gasteiger partial charge in [-0.2, -0.15) is 0 Å². The van der Waals surface area contributed by atoms with Crippen molar-refractivity contribution in [1.82, 2.24) is 14.5 Å². The minimum atomic E-state index is -0.271. The smallest absolute Gasteiger partial charge is 0.265 e. The Morgan fingerprint density at radius 3 is 2.58 bits per heavy atom. The predicted molar refractivity (Wildman–Crippen MR) is 137 cm³/mol. The summed E-state index contributed by atoms with van der Waals surface area (Å²) in [5.41, 5.74) is 3.48. The van der Waals surface area contributed by atoms with Gasteiger partial charge in [-0.1, -0.05) is 36.9 Å². The van der Waals surface area contributed by atoms with Gasteiger partial charge in [0.15, 0.2) is 0 Å². The van der Waals surface area contributed by atoms with E-state index in [1.165, 1.54) is 14.6 Å². The van der Waals surface area contributed by atoms with Crippen LogP contribution in [0.4, 0.5) is 5.69 Å². The molecular formula is C26H30N4O2S. The van der Waals surface area contributed by atoms with Gasteiger partial charge in [-0.05, 0) is 31.9 Å². The number of hydrogen-bond donors (Lipinski definition) is 0. The third-order valence-electron chi connectivity index (χ3n) is 6.39. The first-order valence-electron chi connectivity index (χ1n) is 11.2. The lowest BCUT2D eigenvalue weighted by molar-refractivity contribution is 0.0825. The monoisotopic (exact) mass is 462 g/mol. The number of aromatic nitrogens is 2. The van der Waals surface area contributed by atoms with E-state index in [9.17, 15) is 9.59 Å². The molecule has 6 nitrogen and oxygen atoms in total. The second kappa shape index (κ2) is 9.35. The van der Waals surface area contributed by atoms with Crippen LogP contribution in [0.3, 0.4) is 0 Å². The van der Waals surface area contributed by atoms with E-state index in [0.29, 0.717) is 5.92 Å². The van der Waals surface area contributed by atoms with Crippen LogP contribution < -0.4 is 10.5 Å². The first kappa shape index (κ1) is 23.0. The molecule has 0 unspecified atom stereocenters. The molecule has 1 amide bonds. The number of anilines is 1. The highest BCUT2D eigenvalue weighted by Crippen LogP contribution is 2.37. The predicted octanol–water partition coefficient (Wildman–Crippen LogP) is 4.59. The van der Waals surface area contributed by atoms with Crippen molar-refractivity contribution in [2.24, 2.45) is 7.05 Å². The maximum atomic E-state index is 13.2. The van der Waals surface area contributed by atoms with Crippen LogP contribution in [0.5, 0.6) is 0 Å². The molecule has 0 aliphatic carbocycles. The Kier molecular flexibility index (Phi) is 6.51. The topological polar surface area (TPSA) is 58.4 Å². The molecule has 1 saturated heterocycles. The van der Waals surface area contributed by atoms with E-state index in [0.717, 1.165) is 48.4 Å². The zero-order valence-corrected chi connectivity index (χ0v) is 20.5. The van der Waals surface area contributed by atoms with Crippen molar-refractivity contribution >= 4 is 39.2 Å². The van der Waals surface area contributed by atoms with Crippen LogP contribution in [0.2, 0.25) is 0 Å². The van der Waals surface area contributed by atoms with Crippen LogP contribution in [0.15, 0.2) is 47.8 Å². The van der Waals surface area contributed by atoms with E-state index in [-0.39, 0.29) is 17.0 Å². The second-order valence-corrected chi connectivity index (χ2v) is 9.72. The van der Waals surface area contributed by atoms with E-state index in [1.807, 2.05) is 31.2 Å². The standard InChI is InChI=1S/C26H30N4O2S/c1-6-7-10-19-17(2)29(5)26(32)22(25(31)28(3)4)23(19)30-15-13-18(14-16-30)24-27-20-11-8-9-12-21(20)33-24/h6-12,18H,1,13-16H2,2-5H3/b10-7-. The number of allylic oxidation sites excluding steroid dienone is 2. The molecule has 0 atom stereocenters. The van der Waals surface area contributed by atoms with Gasteiger partial charge >= 0.3 is 0 Å². The number of pyridine rings is 1. The quantitative estimate of drug-likeness (QED) is 0.521. The molecule has 0 radical (unpaired) electrons. The fraction of sp³-hybridized carbons (Fsp3) is 0.346. The summed E-state index contributed by atoms with van der Waals surface area (Å²) in [6, 6.07) is 8.25. The van der Waals surface area contributed by atoms with Gasteiger partial charge in [0.05, 0.1) is 20.9 Å². The molecule has 3 heterocycles. The molecule has 1 aliphatic heterocycles. The number of carbonyl (C=O) groups is 1. The van der Waals surface area contributed by atoms with Gasteiger partial charge in [-0.3, -0.25) is 9.59 Å². The lowest BCUT2D eigenvalue weighted by Crippen LogP contribution is -2.40. The fourth-order valence-electron chi connectivity index (χ4n) is 4.43. The Hall–Kier alpha value is -3.19. The first-order valence-corrected chi connectivity index (χ1v) is 12.0. The summed E-state index contributed by atoms with van der Waals surface area (Å²) in [6.07, 6.45) is 7.36. The van der Waals surface area contributed by atoms with E-state index < -0.39 is 0 Å². The van der Waals surface area contributed by atoms with Crippen molar-refractivity contribution in [2.75, 3.05) is 32.1 Å². The largest absolute Gasteiger partial charge is 0.370 e. The number of benzene rings is 1. The Labute approximate surface area is 198 Å². The number of thiazole rings is 1. The number of carbonyl (C=O) groups excluding carboxylic acids is 1. The van der Waals surface area contributed by atoms with Gasteiger partial charge < -0.3 is 14.4 Å². The zero-order valence-electron chi connectivity index (χ0n) is 19.7. The molecule has 33 heavy (non-hydrogen) atoms. The molecule has 172 valence electrons. The van der Waals surface area contributed by atoms with Gasteiger partial charge in [0.25, 0.3) is 11.5 Å². The van der Waals surface area contributed by atoms with Crippen LogP contribution in [0.25, 0.3) is 16.3 Å². The molecule has 1 aliphatic rings. The summed E-state index contributed by atoms with van der Waals surface area (Å²) in [6.45, 7) is 7.23. The minimum absolute atomic E-state index is 0.232. The summed E-state index contributed by atoms with van der Waals surface area (Å²) in [5, 5.41) is 1.17. The summed E-state index contributed by atoms with van der Waals surface area (Å²) >= 11 is 1.77. The summed E-state index contributed by atoms with van der Waals surface area (Å²) < 4.78 is 2.78. The number of nitrogens with zero attached hydrogens (tertiary/aromatic N) is 4. The zero-order chi connectivity index (χ0) is 23.7. The van der Waals surface area contributed by atoms with Crippen molar-refractivity contribution in [3.05, 3.63) is 75.2 Å². The number of amides is 1. The molecule has 0 N–H and O–H groups in total. The van der Waals surface area contributed by atoms with Crippen molar-refractivity contribution in [2.45, 2.75) is 25.7 Å². The molecule has 1 aromatic carbocycles. The van der Waals surface area contributed by atoms with Crippen LogP contribution in [-0.2, 0) is 7.05 Å². The maximum Gasteiger partial charge on any atom is 0.265 e. The molecule has 7 heteroatoms. The number of para-hydroxylation sites is 1. The van der Waals surface area contributed by atoms with E-state index >= 15 is 0 Å². The lowest BCUT2D eigenvalue weighted by atomic mass is 9.95. The molecule has 0 bridgehead atoms. The molecule has 3 aromatic rings. The van der Waals surface area contributed by atoms with Crippen LogP contribution in [-0.4, -0.2) is 47.5 Å². The Bertz CT molecular complexity index is 1260. The highest BCUT2D eigenvalue weighted by molar-refractivity contribution is 7.18. The van der Waals surface area contributed by atoms with Gasteiger partial charge in [-0.15, -0.1) is 11.3 Å². The third-order valence-corrected chi connectivity index (χ3v) is 7.59. The average molecular weight is 463 g/mol. The Morgan fingerprint density at radius 1 is 1.24 bits per heavy atom. The molecule has 0 spiro atoms. The fourth-order valence-corrected chi connectivity index (χ4v) is 5.57. The van der Waals surface area contributed by atoms with Crippen molar-refractivity contribution < 1.29 is 4.79 Å². The highest BCUT2D eigenvalue weighted by Gasteiger charge is 2.31. The van der Waals surface area contributed by atoms with Crippen LogP contribution in [0.1, 0.15) is 45.4 Å². The molecular weight excluding hydrogens is 432 g/mol. The number of rotatable bonds is 5. The van der Waals surface area contributed by atoms with Crippen molar-refractivity contribution in [3.8, 4) is 0 Å². The number of hydrogen-bond acceptors (Lipinski definition) is 5. The first-order chi connectivity index (χ1) is 15.8. The van der Waals surface area contributed by atoms with Crippen molar-refractivity contribution in [3.63, 3.8) is 0 Å². The molecule has 0 saturated carbocycles. The summed E-state index contributed by atoms with van der Waals surface area (Å²) in [7, 11) is 5.09. The lowest BCUT2D eigenvalue weighted by Gasteiger charge is -2.35. The maximum absolute atomic E-state index is 13.2. The second-order valence-electron chi connectivity index (χ2n) is 8.66. The highest BCUT2D eigenvalue weighted by atomic mass is 32.1. The summed E-state index contributed by atoms with van der Waals surface area (Å²) in [5.74, 6) is 0.110. The minimum Gasteiger partial charge on any atom is -0.370 e. The Balaban J connectivity index is 1.73.